The summed E-state index contributed by atoms with van der Waals surface area (Å²) in [6, 6.07) is 4.07. The molecule has 1 aromatic carbocycles. The third kappa shape index (κ3) is 2.23. The molecule has 3 rings (SSSR count). The number of hydrogen-bond donors (Lipinski definition) is 1. The number of ether oxygens (including phenoxy) is 2. The van der Waals surface area contributed by atoms with Crippen LogP contribution in [0.15, 0.2) is 29.2 Å². The highest BCUT2D eigenvalue weighted by atomic mass is 16.6. The van der Waals surface area contributed by atoms with Gasteiger partial charge in [-0.25, -0.2) is 0 Å². The lowest BCUT2D eigenvalue weighted by Gasteiger charge is -2.12. The van der Waals surface area contributed by atoms with E-state index in [1.54, 1.807) is 0 Å². The Morgan fingerprint density at radius 3 is 3.00 bits per heavy atom. The first-order valence-corrected chi connectivity index (χ1v) is 6.19. The largest absolute Gasteiger partial charge is 0.481 e. The second kappa shape index (κ2) is 4.93. The van der Waals surface area contributed by atoms with Crippen LogP contribution in [0.4, 0.5) is 5.69 Å². The number of aromatic nitrogens is 1. The number of nitrogens with one attached hydrogen (secondary N) is 1. The zero-order chi connectivity index (χ0) is 14.1. The van der Waals surface area contributed by atoms with E-state index in [4.69, 9.17) is 9.47 Å². The van der Waals surface area contributed by atoms with E-state index in [0.717, 1.165) is 0 Å². The minimum atomic E-state index is -0.545. The number of nitro groups is 1. The van der Waals surface area contributed by atoms with E-state index < -0.39 is 4.92 Å². The van der Waals surface area contributed by atoms with Crippen molar-refractivity contribution >= 4 is 16.6 Å². The van der Waals surface area contributed by atoms with Gasteiger partial charge in [0.1, 0.15) is 6.10 Å². The number of benzene rings is 1. The number of aromatic amines is 1. The van der Waals surface area contributed by atoms with Crippen molar-refractivity contribution < 1.29 is 14.4 Å². The van der Waals surface area contributed by atoms with Crippen molar-refractivity contribution in [3.05, 3.63) is 44.7 Å². The topological polar surface area (TPSA) is 94.5 Å². The Bertz CT molecular complexity index is 718. The Labute approximate surface area is 113 Å². The number of fused-ring (bicyclic) bond motifs is 1. The lowest BCUT2D eigenvalue weighted by Crippen LogP contribution is -2.16. The summed E-state index contributed by atoms with van der Waals surface area (Å²) in [6.07, 6.45) is 2.00. The molecule has 1 saturated heterocycles. The number of hydrogen-bond acceptors (Lipinski definition) is 5. The van der Waals surface area contributed by atoms with E-state index >= 15 is 0 Å². The average Bonchev–Trinajstić information content (AvgIpc) is 2.91. The minimum Gasteiger partial charge on any atom is -0.481 e. The fourth-order valence-corrected chi connectivity index (χ4v) is 2.21. The van der Waals surface area contributed by atoms with Crippen LogP contribution >= 0.6 is 0 Å². The van der Waals surface area contributed by atoms with Crippen LogP contribution in [-0.4, -0.2) is 29.2 Å². The van der Waals surface area contributed by atoms with Crippen LogP contribution in [0.25, 0.3) is 10.9 Å². The summed E-state index contributed by atoms with van der Waals surface area (Å²) in [6.45, 7) is 1.00. The highest BCUT2D eigenvalue weighted by Gasteiger charge is 2.23. The van der Waals surface area contributed by atoms with Gasteiger partial charge in [-0.15, -0.1) is 0 Å². The van der Waals surface area contributed by atoms with Gasteiger partial charge >= 0.3 is 5.69 Å². The van der Waals surface area contributed by atoms with Crippen molar-refractivity contribution in [2.75, 3.05) is 13.2 Å². The maximum absolute atomic E-state index is 11.7. The van der Waals surface area contributed by atoms with Crippen molar-refractivity contribution in [2.45, 2.75) is 12.5 Å². The van der Waals surface area contributed by atoms with Crippen LogP contribution in [0.2, 0.25) is 0 Å². The average molecular weight is 276 g/mol. The Morgan fingerprint density at radius 1 is 1.45 bits per heavy atom. The number of rotatable bonds is 3. The van der Waals surface area contributed by atoms with Crippen LogP contribution in [0.5, 0.6) is 5.75 Å². The van der Waals surface area contributed by atoms with Gasteiger partial charge in [0.25, 0.3) is 0 Å². The molecule has 1 aliphatic rings. The van der Waals surface area contributed by atoms with Crippen molar-refractivity contribution in [3.63, 3.8) is 0 Å². The van der Waals surface area contributed by atoms with E-state index in [-0.39, 0.29) is 28.4 Å². The van der Waals surface area contributed by atoms with E-state index in [9.17, 15) is 14.9 Å². The van der Waals surface area contributed by atoms with Gasteiger partial charge in [0.05, 0.1) is 29.0 Å². The molecule has 2 heterocycles. The van der Waals surface area contributed by atoms with E-state index in [2.05, 4.69) is 4.98 Å². The quantitative estimate of drug-likeness (QED) is 0.678. The molecule has 20 heavy (non-hydrogen) atoms. The predicted octanol–water partition coefficient (Wildman–Crippen LogP) is 1.60. The first-order valence-electron chi connectivity index (χ1n) is 6.19. The first kappa shape index (κ1) is 12.6. The maximum atomic E-state index is 11.7. The molecule has 1 fully saturated rings. The van der Waals surface area contributed by atoms with Gasteiger partial charge in [0.15, 0.2) is 11.2 Å². The number of nitrogens with zero attached hydrogens (tertiary/aromatic N) is 1. The minimum absolute atomic E-state index is 0.153. The summed E-state index contributed by atoms with van der Waals surface area (Å²) in [4.78, 5) is 25.2. The molecule has 0 aliphatic carbocycles. The summed E-state index contributed by atoms with van der Waals surface area (Å²) < 4.78 is 10.8. The number of pyridine rings is 1. The molecule has 1 N–H and O–H groups in total. The molecule has 1 aromatic heterocycles. The van der Waals surface area contributed by atoms with Crippen LogP contribution < -0.4 is 10.2 Å². The second-order valence-corrected chi connectivity index (χ2v) is 4.57. The third-order valence-electron chi connectivity index (χ3n) is 3.22. The second-order valence-electron chi connectivity index (χ2n) is 4.57. The van der Waals surface area contributed by atoms with Crippen LogP contribution in [0.3, 0.4) is 0 Å². The summed E-state index contributed by atoms with van der Waals surface area (Å²) in [5.41, 5.74) is 0.0377. The molecule has 0 bridgehead atoms. The Morgan fingerprint density at radius 2 is 2.30 bits per heavy atom. The molecular weight excluding hydrogens is 264 g/mol. The summed E-state index contributed by atoms with van der Waals surface area (Å²) in [5.74, 6) is 0.153. The molecule has 7 heteroatoms. The van der Waals surface area contributed by atoms with Gasteiger partial charge in [0, 0.05) is 30.8 Å². The molecular formula is C13H12N2O5. The van der Waals surface area contributed by atoms with Gasteiger partial charge in [-0.2, -0.15) is 0 Å². The molecule has 104 valence electrons. The summed E-state index contributed by atoms with van der Waals surface area (Å²) in [7, 11) is 0. The van der Waals surface area contributed by atoms with Crippen LogP contribution in [0, 0.1) is 10.1 Å². The van der Waals surface area contributed by atoms with Crippen LogP contribution in [-0.2, 0) is 4.74 Å². The summed E-state index contributed by atoms with van der Waals surface area (Å²) in [5, 5.41) is 11.4. The zero-order valence-corrected chi connectivity index (χ0v) is 10.5. The highest BCUT2D eigenvalue weighted by Crippen LogP contribution is 2.31. The molecule has 1 unspecified atom stereocenters. The van der Waals surface area contributed by atoms with Crippen molar-refractivity contribution in [1.82, 2.24) is 4.98 Å². The smallest absolute Gasteiger partial charge is 0.311 e. The molecule has 7 nitrogen and oxygen atoms in total. The standard InChI is InChI=1S/C13H12N2O5/c16-12-1-3-14-10-6-13(20-8-2-4-19-7-8)11(15(17)18)5-9(10)12/h1,3,5-6,8H,2,4,7H2,(H,14,16). The maximum Gasteiger partial charge on any atom is 0.311 e. The van der Waals surface area contributed by atoms with Crippen molar-refractivity contribution in [1.29, 1.82) is 0 Å². The lowest BCUT2D eigenvalue weighted by atomic mass is 10.1. The summed E-state index contributed by atoms with van der Waals surface area (Å²) >= 11 is 0. The Balaban J connectivity index is 2.11. The van der Waals surface area contributed by atoms with E-state index in [1.165, 1.54) is 24.4 Å². The number of nitro benzene ring substituents is 1. The third-order valence-corrected chi connectivity index (χ3v) is 3.22. The normalized spacial score (nSPS) is 18.3. The van der Waals surface area contributed by atoms with E-state index in [1.807, 2.05) is 0 Å². The van der Waals surface area contributed by atoms with Crippen molar-refractivity contribution in [3.8, 4) is 5.75 Å². The fraction of sp³-hybridized carbons (Fsp3) is 0.308. The predicted molar refractivity (Wildman–Crippen MR) is 71.1 cm³/mol. The lowest BCUT2D eigenvalue weighted by molar-refractivity contribution is -0.385. The van der Waals surface area contributed by atoms with Gasteiger partial charge in [-0.3, -0.25) is 14.9 Å². The monoisotopic (exact) mass is 276 g/mol. The molecule has 2 aromatic rings. The van der Waals surface area contributed by atoms with E-state index in [0.29, 0.717) is 25.2 Å². The highest BCUT2D eigenvalue weighted by molar-refractivity contribution is 5.83. The fourth-order valence-electron chi connectivity index (χ4n) is 2.21. The molecule has 0 spiro atoms. The molecule has 1 aliphatic heterocycles. The molecule has 1 atom stereocenters. The molecule has 0 radical (unpaired) electrons. The van der Waals surface area contributed by atoms with Gasteiger partial charge in [0.2, 0.25) is 0 Å². The number of H-pyrrole nitrogens is 1. The Kier molecular flexibility index (Phi) is 3.11. The SMILES string of the molecule is O=c1cc[nH]c2cc(OC3CCOC3)c([N+](=O)[O-])cc12. The van der Waals surface area contributed by atoms with Crippen molar-refractivity contribution in [2.24, 2.45) is 0 Å². The molecule has 0 amide bonds. The van der Waals surface area contributed by atoms with Crippen LogP contribution in [0.1, 0.15) is 6.42 Å². The van der Waals surface area contributed by atoms with Gasteiger partial charge in [-0.1, -0.05) is 0 Å². The Hall–Kier alpha value is -2.41. The first-order chi connectivity index (χ1) is 9.65. The zero-order valence-electron chi connectivity index (χ0n) is 10.5. The molecule has 0 saturated carbocycles. The van der Waals surface area contributed by atoms with Gasteiger partial charge < -0.3 is 14.5 Å². The van der Waals surface area contributed by atoms with Gasteiger partial charge in [-0.05, 0) is 0 Å².